The summed E-state index contributed by atoms with van der Waals surface area (Å²) in [5.74, 6) is 0. The Balaban J connectivity index is 2.01. The van der Waals surface area contributed by atoms with Crippen molar-refractivity contribution in [1.82, 2.24) is 10.2 Å². The molecule has 1 atom stereocenters. The second-order valence-corrected chi connectivity index (χ2v) is 5.96. The first-order chi connectivity index (χ1) is 10.6. The maximum absolute atomic E-state index is 11.3. The molecule has 2 N–H and O–H groups in total. The standard InChI is InChI=1S/C16H20N4O2/c1-11-9-19(7-5-18-11)15-3-2-12(8-17)13-4-6-20(16(21)22)10-14(13)15/h2-3,11,18H,4-7,9-10H2,1H3,(H,21,22)/t11-/m1/s1. The first-order valence-corrected chi connectivity index (χ1v) is 7.61. The number of amides is 1. The topological polar surface area (TPSA) is 79.6 Å². The third-order valence-electron chi connectivity index (χ3n) is 4.49. The van der Waals surface area contributed by atoms with Crippen molar-refractivity contribution in [2.45, 2.75) is 25.9 Å². The zero-order chi connectivity index (χ0) is 15.7. The van der Waals surface area contributed by atoms with Gasteiger partial charge in [0.05, 0.1) is 18.2 Å². The third-order valence-corrected chi connectivity index (χ3v) is 4.49. The van der Waals surface area contributed by atoms with Gasteiger partial charge in [-0.3, -0.25) is 0 Å². The highest BCUT2D eigenvalue weighted by atomic mass is 16.4. The molecule has 1 fully saturated rings. The number of fused-ring (bicyclic) bond motifs is 1. The Labute approximate surface area is 129 Å². The fourth-order valence-corrected chi connectivity index (χ4v) is 3.37. The lowest BCUT2D eigenvalue weighted by Gasteiger charge is -2.37. The van der Waals surface area contributed by atoms with Crippen molar-refractivity contribution in [3.05, 3.63) is 28.8 Å². The zero-order valence-electron chi connectivity index (χ0n) is 12.7. The molecular formula is C16H20N4O2. The van der Waals surface area contributed by atoms with Gasteiger partial charge in [-0.15, -0.1) is 0 Å². The van der Waals surface area contributed by atoms with E-state index >= 15 is 0 Å². The number of nitriles is 1. The van der Waals surface area contributed by atoms with Gasteiger partial charge < -0.3 is 20.2 Å². The van der Waals surface area contributed by atoms with Gasteiger partial charge in [-0.1, -0.05) is 0 Å². The molecule has 2 heterocycles. The molecule has 0 radical (unpaired) electrons. The van der Waals surface area contributed by atoms with Crippen LogP contribution in [0.25, 0.3) is 0 Å². The van der Waals surface area contributed by atoms with Crippen molar-refractivity contribution in [2.75, 3.05) is 31.1 Å². The molecule has 0 aliphatic carbocycles. The van der Waals surface area contributed by atoms with Crippen molar-refractivity contribution < 1.29 is 9.90 Å². The summed E-state index contributed by atoms with van der Waals surface area (Å²) >= 11 is 0. The molecule has 3 rings (SSSR count). The van der Waals surface area contributed by atoms with Crippen molar-refractivity contribution in [3.63, 3.8) is 0 Å². The summed E-state index contributed by atoms with van der Waals surface area (Å²) in [7, 11) is 0. The Morgan fingerprint density at radius 3 is 2.91 bits per heavy atom. The summed E-state index contributed by atoms with van der Waals surface area (Å²) in [6.07, 6.45) is -0.285. The van der Waals surface area contributed by atoms with Crippen molar-refractivity contribution in [2.24, 2.45) is 0 Å². The van der Waals surface area contributed by atoms with E-state index in [2.05, 4.69) is 23.2 Å². The van der Waals surface area contributed by atoms with Gasteiger partial charge in [-0.25, -0.2) is 4.79 Å². The summed E-state index contributed by atoms with van der Waals surface area (Å²) < 4.78 is 0. The van der Waals surface area contributed by atoms with Crippen LogP contribution in [0.3, 0.4) is 0 Å². The quantitative estimate of drug-likeness (QED) is 0.819. The van der Waals surface area contributed by atoms with Crippen LogP contribution in [0.4, 0.5) is 10.5 Å². The highest BCUT2D eigenvalue weighted by Crippen LogP contribution is 2.32. The first-order valence-electron chi connectivity index (χ1n) is 7.61. The Morgan fingerprint density at radius 1 is 1.41 bits per heavy atom. The number of piperazine rings is 1. The van der Waals surface area contributed by atoms with E-state index in [0.29, 0.717) is 31.1 Å². The number of benzene rings is 1. The molecule has 6 nitrogen and oxygen atoms in total. The number of hydrogen-bond donors (Lipinski definition) is 2. The minimum absolute atomic E-state index is 0.369. The van der Waals surface area contributed by atoms with Crippen molar-refractivity contribution in [3.8, 4) is 6.07 Å². The summed E-state index contributed by atoms with van der Waals surface area (Å²) in [4.78, 5) is 15.0. The molecule has 116 valence electrons. The lowest BCUT2D eigenvalue weighted by molar-refractivity contribution is 0.140. The fourth-order valence-electron chi connectivity index (χ4n) is 3.37. The second kappa shape index (κ2) is 5.85. The van der Waals surface area contributed by atoms with Crippen molar-refractivity contribution >= 4 is 11.8 Å². The average molecular weight is 300 g/mol. The Morgan fingerprint density at radius 2 is 2.23 bits per heavy atom. The predicted octanol–water partition coefficient (Wildman–Crippen LogP) is 1.39. The molecule has 1 aromatic rings. The van der Waals surface area contributed by atoms with Crippen LogP contribution in [-0.2, 0) is 13.0 Å². The summed E-state index contributed by atoms with van der Waals surface area (Å²) in [6.45, 7) is 5.68. The zero-order valence-corrected chi connectivity index (χ0v) is 12.7. The molecule has 2 aliphatic heterocycles. The number of nitrogens with one attached hydrogen (secondary N) is 1. The highest BCUT2D eigenvalue weighted by molar-refractivity contribution is 5.69. The fraction of sp³-hybridized carbons (Fsp3) is 0.500. The number of rotatable bonds is 1. The van der Waals surface area contributed by atoms with Gasteiger partial charge in [0.1, 0.15) is 0 Å². The number of hydrogen-bond acceptors (Lipinski definition) is 4. The van der Waals surface area contributed by atoms with Crippen LogP contribution in [0, 0.1) is 11.3 Å². The van der Waals surface area contributed by atoms with Crippen LogP contribution in [0.2, 0.25) is 0 Å². The molecule has 2 aliphatic rings. The van der Waals surface area contributed by atoms with Crippen LogP contribution in [-0.4, -0.2) is 48.3 Å². The number of carbonyl (C=O) groups is 1. The third kappa shape index (κ3) is 2.60. The minimum Gasteiger partial charge on any atom is -0.465 e. The minimum atomic E-state index is -0.896. The van der Waals surface area contributed by atoms with Crippen LogP contribution >= 0.6 is 0 Å². The lowest BCUT2D eigenvalue weighted by Crippen LogP contribution is -2.50. The smallest absolute Gasteiger partial charge is 0.407 e. The SMILES string of the molecule is C[C@@H]1CN(c2ccc(C#N)c3c2CN(C(=O)O)CC3)CCN1. The largest absolute Gasteiger partial charge is 0.465 e. The molecule has 1 amide bonds. The van der Waals surface area contributed by atoms with Crippen LogP contribution in [0.5, 0.6) is 0 Å². The molecule has 0 bridgehead atoms. The normalized spacial score (nSPS) is 21.2. The van der Waals surface area contributed by atoms with Crippen LogP contribution < -0.4 is 10.2 Å². The molecule has 0 aromatic heterocycles. The van der Waals surface area contributed by atoms with Gasteiger partial charge in [-0.05, 0) is 36.6 Å². The monoisotopic (exact) mass is 300 g/mol. The Hall–Kier alpha value is -2.26. The van der Waals surface area contributed by atoms with E-state index in [0.717, 1.165) is 36.4 Å². The lowest BCUT2D eigenvalue weighted by atomic mass is 9.92. The van der Waals surface area contributed by atoms with E-state index in [-0.39, 0.29) is 0 Å². The molecule has 0 spiro atoms. The molecule has 6 heteroatoms. The van der Waals surface area contributed by atoms with Gasteiger partial charge in [0.15, 0.2) is 0 Å². The van der Waals surface area contributed by atoms with E-state index in [9.17, 15) is 15.2 Å². The molecule has 1 saturated heterocycles. The Bertz CT molecular complexity index is 638. The van der Waals surface area contributed by atoms with Gasteiger partial charge in [0, 0.05) is 37.9 Å². The van der Waals surface area contributed by atoms with Gasteiger partial charge in [0.2, 0.25) is 0 Å². The second-order valence-electron chi connectivity index (χ2n) is 5.96. The first kappa shape index (κ1) is 14.7. The number of anilines is 1. The summed E-state index contributed by atoms with van der Waals surface area (Å²) in [5, 5.41) is 22.0. The maximum Gasteiger partial charge on any atom is 0.407 e. The van der Waals surface area contributed by atoms with E-state index in [4.69, 9.17) is 0 Å². The molecular weight excluding hydrogens is 280 g/mol. The van der Waals surface area contributed by atoms with Gasteiger partial charge >= 0.3 is 6.09 Å². The summed E-state index contributed by atoms with van der Waals surface area (Å²) in [5.41, 5.74) is 3.77. The molecule has 0 saturated carbocycles. The number of carboxylic acid groups (broad SMARTS) is 1. The summed E-state index contributed by atoms with van der Waals surface area (Å²) in [6, 6.07) is 6.49. The van der Waals surface area contributed by atoms with E-state index in [1.807, 2.05) is 12.1 Å². The predicted molar refractivity (Wildman–Crippen MR) is 83.0 cm³/mol. The highest BCUT2D eigenvalue weighted by Gasteiger charge is 2.27. The van der Waals surface area contributed by atoms with Crippen molar-refractivity contribution in [1.29, 1.82) is 5.26 Å². The van der Waals surface area contributed by atoms with E-state index < -0.39 is 6.09 Å². The van der Waals surface area contributed by atoms with E-state index in [1.54, 1.807) is 0 Å². The maximum atomic E-state index is 11.3. The van der Waals surface area contributed by atoms with Crippen LogP contribution in [0.1, 0.15) is 23.6 Å². The van der Waals surface area contributed by atoms with Gasteiger partial charge in [0.25, 0.3) is 0 Å². The van der Waals surface area contributed by atoms with Crippen LogP contribution in [0.15, 0.2) is 12.1 Å². The Kier molecular flexibility index (Phi) is 3.90. The molecule has 0 unspecified atom stereocenters. The van der Waals surface area contributed by atoms with Gasteiger partial charge in [-0.2, -0.15) is 5.26 Å². The molecule has 1 aromatic carbocycles. The molecule has 22 heavy (non-hydrogen) atoms. The number of nitrogens with zero attached hydrogens (tertiary/aromatic N) is 3. The van der Waals surface area contributed by atoms with E-state index in [1.165, 1.54) is 4.90 Å². The average Bonchev–Trinajstić information content (AvgIpc) is 2.53.